The quantitative estimate of drug-likeness (QED) is 0.459. The van der Waals surface area contributed by atoms with Gasteiger partial charge in [-0.25, -0.2) is 31.2 Å². The average Bonchev–Trinajstić information content (AvgIpc) is 3.04. The van der Waals surface area contributed by atoms with Crippen LogP contribution in [0.4, 0.5) is 4.39 Å². The normalized spacial score (nSPS) is 14.1. The molecule has 190 valence electrons. The Morgan fingerprint density at radius 3 is 2.33 bits per heavy atom. The third-order valence-corrected chi connectivity index (χ3v) is 7.80. The van der Waals surface area contributed by atoms with Crippen LogP contribution < -0.4 is 4.74 Å². The molecule has 12 heteroatoms. The van der Waals surface area contributed by atoms with Crippen LogP contribution in [0.25, 0.3) is 11.1 Å². The first-order chi connectivity index (χ1) is 16.9. The van der Waals surface area contributed by atoms with Crippen molar-refractivity contribution in [2.75, 3.05) is 25.7 Å². The van der Waals surface area contributed by atoms with Crippen LogP contribution in [0.1, 0.15) is 28.4 Å². The summed E-state index contributed by atoms with van der Waals surface area (Å²) in [7, 11) is -7.32. The summed E-state index contributed by atoms with van der Waals surface area (Å²) in [5.41, 5.74) is 2.12. The van der Waals surface area contributed by atoms with Crippen molar-refractivity contribution in [2.45, 2.75) is 29.9 Å². The van der Waals surface area contributed by atoms with Gasteiger partial charge < -0.3 is 9.64 Å². The number of amides is 1. The number of rotatable bonds is 5. The van der Waals surface area contributed by atoms with Crippen molar-refractivity contribution >= 4 is 25.6 Å². The fraction of sp³-hybridized carbons (Fsp3) is 0.292. The zero-order chi connectivity index (χ0) is 26.3. The van der Waals surface area contributed by atoms with Crippen molar-refractivity contribution in [3.05, 3.63) is 65.2 Å². The average molecular weight is 534 g/mol. The topological polar surface area (TPSA) is 124 Å². The lowest BCUT2D eigenvalue weighted by Crippen LogP contribution is -2.33. The highest BCUT2D eigenvalue weighted by Gasteiger charge is 2.27. The molecule has 1 aromatic heterocycles. The summed E-state index contributed by atoms with van der Waals surface area (Å²) in [6.07, 6.45) is 4.91. The molecule has 0 saturated carbocycles. The third kappa shape index (κ3) is 5.09. The van der Waals surface area contributed by atoms with Gasteiger partial charge in [-0.1, -0.05) is 13.0 Å². The number of ether oxygens (including phenoxy) is 1. The number of carbonyl (C=O) groups is 1. The van der Waals surface area contributed by atoms with E-state index in [1.54, 1.807) is 25.1 Å². The SMILES string of the molecule is CCc1c(C(=O)N2CCOc3ccc(-c4cnc(S(C)(=O)=O)nc4)cc3C2)ccc(S(C)(=O)=O)c1F. The standard InChI is InChI=1S/C24H24FN3O6S2/c1-4-18-19(6-8-21(22(18)25)35(2,30)31)23(29)28-9-10-34-20-7-5-15(11-16(20)14-28)17-12-26-24(27-13-17)36(3,32)33/h5-8,11-13H,4,9-10,14H2,1-3H3. The number of nitrogens with zero attached hydrogens (tertiary/aromatic N) is 3. The van der Waals surface area contributed by atoms with Gasteiger partial charge in [-0.3, -0.25) is 4.79 Å². The number of aromatic nitrogens is 2. The molecular weight excluding hydrogens is 509 g/mol. The summed E-state index contributed by atoms with van der Waals surface area (Å²) >= 11 is 0. The first kappa shape index (κ1) is 25.7. The first-order valence-electron chi connectivity index (χ1n) is 11.0. The molecule has 0 saturated heterocycles. The Morgan fingerprint density at radius 2 is 1.72 bits per heavy atom. The van der Waals surface area contributed by atoms with Gasteiger partial charge >= 0.3 is 0 Å². The molecule has 0 aliphatic carbocycles. The van der Waals surface area contributed by atoms with Gasteiger partial charge in [-0.05, 0) is 36.2 Å². The monoisotopic (exact) mass is 533 g/mol. The number of halogens is 1. The fourth-order valence-corrected chi connectivity index (χ4v) is 5.26. The molecule has 0 spiro atoms. The van der Waals surface area contributed by atoms with Gasteiger partial charge in [0.05, 0.1) is 6.54 Å². The van der Waals surface area contributed by atoms with Crippen LogP contribution in [0.15, 0.2) is 52.8 Å². The largest absolute Gasteiger partial charge is 0.491 e. The number of hydrogen-bond acceptors (Lipinski definition) is 8. The number of fused-ring (bicyclic) bond motifs is 1. The van der Waals surface area contributed by atoms with Gasteiger partial charge in [-0.15, -0.1) is 0 Å². The van der Waals surface area contributed by atoms with E-state index in [0.717, 1.165) is 18.6 Å². The summed E-state index contributed by atoms with van der Waals surface area (Å²) in [4.78, 5) is 22.3. The Hall–Kier alpha value is -3.38. The summed E-state index contributed by atoms with van der Waals surface area (Å²) < 4.78 is 67.9. The van der Waals surface area contributed by atoms with Gasteiger partial charge in [0.1, 0.15) is 23.1 Å². The fourth-order valence-electron chi connectivity index (χ4n) is 4.01. The number of carbonyl (C=O) groups excluding carboxylic acids is 1. The molecule has 1 aliphatic rings. The summed E-state index contributed by atoms with van der Waals surface area (Å²) in [6.45, 7) is 2.29. The van der Waals surface area contributed by atoms with E-state index in [1.807, 2.05) is 0 Å². The molecule has 0 N–H and O–H groups in total. The molecular formula is C24H24FN3O6S2. The molecule has 4 rings (SSSR count). The van der Waals surface area contributed by atoms with Crippen LogP contribution in [-0.2, 0) is 32.6 Å². The molecule has 0 fully saturated rings. The minimum atomic E-state index is -3.78. The lowest BCUT2D eigenvalue weighted by atomic mass is 10.0. The van der Waals surface area contributed by atoms with Crippen LogP contribution in [0.3, 0.4) is 0 Å². The van der Waals surface area contributed by atoms with E-state index in [4.69, 9.17) is 4.74 Å². The van der Waals surface area contributed by atoms with Crippen molar-refractivity contribution in [3.63, 3.8) is 0 Å². The number of sulfone groups is 2. The zero-order valence-corrected chi connectivity index (χ0v) is 21.5. The Labute approximate surface area is 208 Å². The second-order valence-corrected chi connectivity index (χ2v) is 12.3. The van der Waals surface area contributed by atoms with E-state index in [1.165, 1.54) is 23.4 Å². The highest BCUT2D eigenvalue weighted by Crippen LogP contribution is 2.30. The van der Waals surface area contributed by atoms with Crippen molar-refractivity contribution in [1.29, 1.82) is 0 Å². The zero-order valence-electron chi connectivity index (χ0n) is 19.9. The predicted octanol–water partition coefficient (Wildman–Crippen LogP) is 2.69. The maximum atomic E-state index is 15.0. The molecule has 0 bridgehead atoms. The summed E-state index contributed by atoms with van der Waals surface area (Å²) in [5.74, 6) is -0.761. The van der Waals surface area contributed by atoms with E-state index in [0.29, 0.717) is 22.4 Å². The maximum Gasteiger partial charge on any atom is 0.254 e. The molecule has 0 radical (unpaired) electrons. The van der Waals surface area contributed by atoms with Crippen molar-refractivity contribution < 1.29 is 30.8 Å². The molecule has 3 aromatic rings. The number of hydrogen-bond donors (Lipinski definition) is 0. The highest BCUT2D eigenvalue weighted by molar-refractivity contribution is 7.90. The van der Waals surface area contributed by atoms with Crippen LogP contribution in [-0.4, -0.2) is 63.3 Å². The van der Waals surface area contributed by atoms with E-state index < -0.39 is 36.3 Å². The van der Waals surface area contributed by atoms with Crippen LogP contribution in [0, 0.1) is 5.82 Å². The highest BCUT2D eigenvalue weighted by atomic mass is 32.2. The van der Waals surface area contributed by atoms with E-state index in [-0.39, 0.29) is 42.4 Å². The van der Waals surface area contributed by atoms with E-state index >= 15 is 0 Å². The van der Waals surface area contributed by atoms with Crippen molar-refractivity contribution in [1.82, 2.24) is 14.9 Å². The molecule has 9 nitrogen and oxygen atoms in total. The third-order valence-electron chi connectivity index (χ3n) is 5.81. The number of benzene rings is 2. The summed E-state index contributed by atoms with van der Waals surface area (Å²) in [5, 5.41) is -0.276. The Morgan fingerprint density at radius 1 is 1.03 bits per heavy atom. The second kappa shape index (κ2) is 9.58. The summed E-state index contributed by atoms with van der Waals surface area (Å²) in [6, 6.07) is 7.81. The Kier molecular flexibility index (Phi) is 6.84. The van der Waals surface area contributed by atoms with E-state index in [9.17, 15) is 26.0 Å². The van der Waals surface area contributed by atoms with Gasteiger partial charge in [-0.2, -0.15) is 0 Å². The molecule has 36 heavy (non-hydrogen) atoms. The molecule has 0 atom stereocenters. The minimum absolute atomic E-state index is 0.0465. The van der Waals surface area contributed by atoms with E-state index in [2.05, 4.69) is 9.97 Å². The lowest BCUT2D eigenvalue weighted by molar-refractivity contribution is 0.0731. The Bertz CT molecular complexity index is 1560. The molecule has 2 aromatic carbocycles. The molecule has 0 unspecified atom stereocenters. The second-order valence-electron chi connectivity index (χ2n) is 8.45. The first-order valence-corrected chi connectivity index (χ1v) is 14.8. The smallest absolute Gasteiger partial charge is 0.254 e. The van der Waals surface area contributed by atoms with Gasteiger partial charge in [0.2, 0.25) is 15.0 Å². The molecule has 1 amide bonds. The van der Waals surface area contributed by atoms with Gasteiger partial charge in [0, 0.05) is 53.7 Å². The van der Waals surface area contributed by atoms with Crippen molar-refractivity contribution in [3.8, 4) is 16.9 Å². The Balaban J connectivity index is 1.66. The van der Waals surface area contributed by atoms with Crippen LogP contribution in [0.5, 0.6) is 5.75 Å². The van der Waals surface area contributed by atoms with Gasteiger partial charge in [0.25, 0.3) is 5.91 Å². The van der Waals surface area contributed by atoms with Crippen molar-refractivity contribution in [2.24, 2.45) is 0 Å². The predicted molar refractivity (Wildman–Crippen MR) is 130 cm³/mol. The minimum Gasteiger partial charge on any atom is -0.491 e. The van der Waals surface area contributed by atoms with Gasteiger partial charge in [0.15, 0.2) is 9.84 Å². The lowest BCUT2D eigenvalue weighted by Gasteiger charge is -2.22. The van der Waals surface area contributed by atoms with Crippen LogP contribution >= 0.6 is 0 Å². The molecule has 2 heterocycles. The van der Waals surface area contributed by atoms with Crippen LogP contribution in [0.2, 0.25) is 0 Å². The maximum absolute atomic E-state index is 15.0. The molecule has 1 aliphatic heterocycles.